The second kappa shape index (κ2) is 9.32. The average Bonchev–Trinajstić information content (AvgIpc) is 3.15. The maximum absolute atomic E-state index is 13.7. The Morgan fingerprint density at radius 1 is 0.941 bits per heavy atom. The van der Waals surface area contributed by atoms with Gasteiger partial charge in [-0.3, -0.25) is 4.79 Å². The van der Waals surface area contributed by atoms with E-state index in [-0.39, 0.29) is 26.1 Å². The van der Waals surface area contributed by atoms with Crippen molar-refractivity contribution >= 4 is 43.3 Å². The van der Waals surface area contributed by atoms with Crippen molar-refractivity contribution in [1.82, 2.24) is 0 Å². The number of hydrogen-bond acceptors (Lipinski definition) is 7. The van der Waals surface area contributed by atoms with E-state index in [1.165, 1.54) is 0 Å². The minimum absolute atomic E-state index is 0.0680. The number of thiophene rings is 1. The van der Waals surface area contributed by atoms with Crippen LogP contribution in [0.2, 0.25) is 0 Å². The number of ketones is 1. The van der Waals surface area contributed by atoms with Gasteiger partial charge in [0.25, 0.3) is 0 Å². The van der Waals surface area contributed by atoms with E-state index in [2.05, 4.69) is 5.32 Å². The molecule has 3 N–H and O–H groups in total. The molecule has 0 saturated heterocycles. The van der Waals surface area contributed by atoms with Gasteiger partial charge in [-0.2, -0.15) is 0 Å². The molecule has 34 heavy (non-hydrogen) atoms. The third-order valence-corrected chi connectivity index (χ3v) is 8.44. The smallest absolute Gasteiger partial charge is 0.211 e. The lowest BCUT2D eigenvalue weighted by Gasteiger charge is -2.10. The van der Waals surface area contributed by atoms with Gasteiger partial charge in [0, 0.05) is 11.3 Å². The maximum Gasteiger partial charge on any atom is 0.211 e. The standard InChI is InChI=1S/C26H24N2O4S2/c1-16-7-13-21(14-8-16)34(30,31)25-22(27)24(23(29)18-9-11-20(32-3)12-10-18)33-26(25)28-19-6-4-5-17(2)15-19/h4-15,28H,27H2,1-3H3. The van der Waals surface area contributed by atoms with Crippen LogP contribution < -0.4 is 15.8 Å². The quantitative estimate of drug-likeness (QED) is 0.318. The van der Waals surface area contributed by atoms with Crippen LogP contribution in [0.25, 0.3) is 0 Å². The lowest BCUT2D eigenvalue weighted by molar-refractivity contribution is 0.104. The van der Waals surface area contributed by atoms with Crippen LogP contribution in [0.4, 0.5) is 16.4 Å². The molecule has 0 amide bonds. The minimum atomic E-state index is -4.00. The highest BCUT2D eigenvalue weighted by molar-refractivity contribution is 7.92. The average molecular weight is 493 g/mol. The molecular formula is C26H24N2O4S2. The number of carbonyl (C=O) groups excluding carboxylic acids is 1. The zero-order valence-electron chi connectivity index (χ0n) is 19.0. The van der Waals surface area contributed by atoms with E-state index in [1.54, 1.807) is 55.6 Å². The first-order valence-corrected chi connectivity index (χ1v) is 12.8. The maximum atomic E-state index is 13.7. The number of aryl methyl sites for hydroxylation is 2. The van der Waals surface area contributed by atoms with E-state index in [0.29, 0.717) is 22.0 Å². The summed E-state index contributed by atoms with van der Waals surface area (Å²) in [6, 6.07) is 20.7. The molecule has 4 aromatic rings. The molecule has 0 unspecified atom stereocenters. The number of nitrogen functional groups attached to an aromatic ring is 1. The third kappa shape index (κ3) is 4.55. The molecular weight excluding hydrogens is 468 g/mol. The van der Waals surface area contributed by atoms with Crippen LogP contribution in [0.1, 0.15) is 26.4 Å². The Morgan fingerprint density at radius 3 is 2.24 bits per heavy atom. The zero-order valence-corrected chi connectivity index (χ0v) is 20.6. The molecule has 4 rings (SSSR count). The van der Waals surface area contributed by atoms with Crippen molar-refractivity contribution in [3.05, 3.63) is 94.4 Å². The van der Waals surface area contributed by atoms with Crippen LogP contribution in [0.3, 0.4) is 0 Å². The van der Waals surface area contributed by atoms with Gasteiger partial charge >= 0.3 is 0 Å². The molecule has 174 valence electrons. The fourth-order valence-corrected chi connectivity index (χ4v) is 6.44. The van der Waals surface area contributed by atoms with E-state index in [9.17, 15) is 13.2 Å². The number of benzene rings is 3. The SMILES string of the molecule is COc1ccc(C(=O)c2sc(Nc3cccc(C)c3)c(S(=O)(=O)c3ccc(C)cc3)c2N)cc1. The first kappa shape index (κ1) is 23.5. The largest absolute Gasteiger partial charge is 0.497 e. The predicted octanol–water partition coefficient (Wildman–Crippen LogP) is 5.76. The Balaban J connectivity index is 1.86. The van der Waals surface area contributed by atoms with E-state index in [4.69, 9.17) is 10.5 Å². The van der Waals surface area contributed by atoms with Gasteiger partial charge in [0.2, 0.25) is 15.6 Å². The summed E-state index contributed by atoms with van der Waals surface area (Å²) >= 11 is 1.03. The fraction of sp³-hybridized carbons (Fsp3) is 0.115. The summed E-state index contributed by atoms with van der Waals surface area (Å²) in [5.74, 6) is 0.253. The van der Waals surface area contributed by atoms with E-state index in [0.717, 1.165) is 22.5 Å². The first-order valence-electron chi connectivity index (χ1n) is 10.5. The third-order valence-electron chi connectivity index (χ3n) is 5.33. The highest BCUT2D eigenvalue weighted by Crippen LogP contribution is 2.44. The molecule has 1 aromatic heterocycles. The molecule has 0 aliphatic carbocycles. The Bertz CT molecular complexity index is 1460. The second-order valence-electron chi connectivity index (χ2n) is 7.87. The number of anilines is 3. The summed E-state index contributed by atoms with van der Waals surface area (Å²) in [5.41, 5.74) is 9.34. The molecule has 0 atom stereocenters. The second-order valence-corrected chi connectivity index (χ2v) is 10.8. The molecule has 0 aliphatic rings. The first-order chi connectivity index (χ1) is 16.2. The number of nitrogens with one attached hydrogen (secondary N) is 1. The molecule has 1 heterocycles. The van der Waals surface area contributed by atoms with Crippen molar-refractivity contribution in [3.63, 3.8) is 0 Å². The summed E-state index contributed by atoms with van der Waals surface area (Å²) in [7, 11) is -2.46. The van der Waals surface area contributed by atoms with Gasteiger partial charge in [-0.1, -0.05) is 29.8 Å². The van der Waals surface area contributed by atoms with Crippen molar-refractivity contribution in [2.75, 3.05) is 18.2 Å². The molecule has 0 fully saturated rings. The van der Waals surface area contributed by atoms with Crippen molar-refractivity contribution in [2.45, 2.75) is 23.6 Å². The molecule has 8 heteroatoms. The van der Waals surface area contributed by atoms with Crippen molar-refractivity contribution in [2.24, 2.45) is 0 Å². The number of nitrogens with two attached hydrogens (primary N) is 1. The lowest BCUT2D eigenvalue weighted by Crippen LogP contribution is -2.08. The van der Waals surface area contributed by atoms with Crippen LogP contribution in [0, 0.1) is 13.8 Å². The topological polar surface area (TPSA) is 98.5 Å². The van der Waals surface area contributed by atoms with E-state index < -0.39 is 9.84 Å². The minimum Gasteiger partial charge on any atom is -0.497 e. The van der Waals surface area contributed by atoms with Gasteiger partial charge in [0.1, 0.15) is 20.5 Å². The van der Waals surface area contributed by atoms with Crippen LogP contribution in [-0.2, 0) is 9.84 Å². The number of sulfone groups is 1. The highest BCUT2D eigenvalue weighted by atomic mass is 32.2. The number of ether oxygens (including phenoxy) is 1. The van der Waals surface area contributed by atoms with E-state index in [1.807, 2.05) is 38.1 Å². The summed E-state index contributed by atoms with van der Waals surface area (Å²) in [6.45, 7) is 3.82. The van der Waals surface area contributed by atoms with Crippen LogP contribution >= 0.6 is 11.3 Å². The monoisotopic (exact) mass is 492 g/mol. The van der Waals surface area contributed by atoms with Gasteiger partial charge in [0.05, 0.1) is 17.7 Å². The highest BCUT2D eigenvalue weighted by Gasteiger charge is 2.31. The Morgan fingerprint density at radius 2 is 1.62 bits per heavy atom. The van der Waals surface area contributed by atoms with Gasteiger partial charge < -0.3 is 15.8 Å². The molecule has 0 spiro atoms. The number of methoxy groups -OCH3 is 1. The molecule has 6 nitrogen and oxygen atoms in total. The zero-order chi connectivity index (χ0) is 24.5. The Labute approximate surface area is 202 Å². The van der Waals surface area contributed by atoms with Crippen LogP contribution in [-0.4, -0.2) is 21.3 Å². The number of carbonyl (C=O) groups is 1. The van der Waals surface area contributed by atoms with Crippen molar-refractivity contribution in [1.29, 1.82) is 0 Å². The van der Waals surface area contributed by atoms with Gasteiger partial charge in [-0.25, -0.2) is 8.42 Å². The number of hydrogen-bond donors (Lipinski definition) is 2. The molecule has 0 bridgehead atoms. The molecule has 0 saturated carbocycles. The molecule has 3 aromatic carbocycles. The fourth-order valence-electron chi connectivity index (χ4n) is 3.51. The molecule has 0 radical (unpaired) electrons. The number of rotatable bonds is 7. The summed E-state index contributed by atoms with van der Waals surface area (Å²) < 4.78 is 32.5. The normalized spacial score (nSPS) is 11.3. The molecule has 0 aliphatic heterocycles. The summed E-state index contributed by atoms with van der Waals surface area (Å²) in [4.78, 5) is 13.5. The van der Waals surface area contributed by atoms with Crippen molar-refractivity contribution in [3.8, 4) is 5.75 Å². The van der Waals surface area contributed by atoms with Gasteiger partial charge in [0.15, 0.2) is 0 Å². The van der Waals surface area contributed by atoms with E-state index >= 15 is 0 Å². The Hall–Kier alpha value is -3.62. The van der Waals surface area contributed by atoms with Gasteiger partial charge in [-0.15, -0.1) is 11.3 Å². The van der Waals surface area contributed by atoms with Crippen LogP contribution in [0.5, 0.6) is 5.75 Å². The van der Waals surface area contributed by atoms with Gasteiger partial charge in [-0.05, 0) is 67.9 Å². The predicted molar refractivity (Wildman–Crippen MR) is 136 cm³/mol. The lowest BCUT2D eigenvalue weighted by atomic mass is 10.1. The Kier molecular flexibility index (Phi) is 6.45. The summed E-state index contributed by atoms with van der Waals surface area (Å²) in [6.07, 6.45) is 0. The summed E-state index contributed by atoms with van der Waals surface area (Å²) in [5, 5.41) is 3.47. The van der Waals surface area contributed by atoms with Crippen LogP contribution in [0.15, 0.2) is 82.6 Å². The van der Waals surface area contributed by atoms with Crippen molar-refractivity contribution < 1.29 is 17.9 Å².